The van der Waals surface area contributed by atoms with Crippen LogP contribution in [0.25, 0.3) is 0 Å². The molecule has 0 saturated carbocycles. The third kappa shape index (κ3) is 4.61. The maximum Gasteiger partial charge on any atom is 0.404 e. The van der Waals surface area contributed by atoms with Crippen LogP contribution in [-0.2, 0) is 4.79 Å². The summed E-state index contributed by atoms with van der Waals surface area (Å²) in [6, 6.07) is -2.54. The Morgan fingerprint density at radius 2 is 2.03 bits per heavy atom. The minimum Gasteiger partial charge on any atom is -0.347 e. The van der Waals surface area contributed by atoms with Crippen LogP contribution in [0.4, 0.5) is 26.7 Å². The van der Waals surface area contributed by atoms with Crippen LogP contribution >= 0.6 is 11.6 Å². The van der Waals surface area contributed by atoms with Crippen LogP contribution in [-0.4, -0.2) is 55.2 Å². The molecule has 6 nitrogen and oxygen atoms in total. The van der Waals surface area contributed by atoms with Crippen LogP contribution in [0.2, 0.25) is 5.02 Å². The molecule has 1 aromatic carbocycles. The molecule has 3 rings (SSSR count). The van der Waals surface area contributed by atoms with Gasteiger partial charge in [-0.05, 0) is 38.4 Å². The second-order valence-corrected chi connectivity index (χ2v) is 7.86. The molecule has 12 heteroatoms. The summed E-state index contributed by atoms with van der Waals surface area (Å²) in [5.41, 5.74) is -0.206. The summed E-state index contributed by atoms with van der Waals surface area (Å²) in [7, 11) is 1.34. The van der Waals surface area contributed by atoms with Crippen LogP contribution in [0.5, 0.6) is 0 Å². The maximum absolute atomic E-state index is 14.7. The lowest BCUT2D eigenvalue weighted by Gasteiger charge is -2.41. The van der Waals surface area contributed by atoms with Crippen LogP contribution < -0.4 is 16.0 Å². The zero-order valence-corrected chi connectivity index (χ0v) is 16.6. The quantitative estimate of drug-likeness (QED) is 0.484. The lowest BCUT2D eigenvalue weighted by molar-refractivity contribution is -0.192. The largest absolute Gasteiger partial charge is 0.404 e. The molecule has 2 fully saturated rings. The number of urea groups is 1. The van der Waals surface area contributed by atoms with E-state index in [9.17, 15) is 31.5 Å². The van der Waals surface area contributed by atoms with Crippen molar-refractivity contribution >= 4 is 23.5 Å². The Kier molecular flexibility index (Phi) is 6.42. The van der Waals surface area contributed by atoms with E-state index in [4.69, 9.17) is 11.6 Å². The monoisotopic (exact) mass is 454 g/mol. The zero-order valence-electron chi connectivity index (χ0n) is 15.8. The van der Waals surface area contributed by atoms with Crippen LogP contribution in [0, 0.1) is 17.6 Å². The lowest BCUT2D eigenvalue weighted by Crippen LogP contribution is -2.52. The predicted molar refractivity (Wildman–Crippen MR) is 97.8 cm³/mol. The lowest BCUT2D eigenvalue weighted by atomic mass is 9.81. The van der Waals surface area contributed by atoms with Crippen molar-refractivity contribution in [3.8, 4) is 0 Å². The van der Waals surface area contributed by atoms with Gasteiger partial charge >= 0.3 is 12.2 Å². The van der Waals surface area contributed by atoms with Crippen molar-refractivity contribution in [1.29, 1.82) is 0 Å². The summed E-state index contributed by atoms with van der Waals surface area (Å²) in [4.78, 5) is 25.0. The van der Waals surface area contributed by atoms with Crippen molar-refractivity contribution in [3.05, 3.63) is 34.4 Å². The fourth-order valence-electron chi connectivity index (χ4n) is 3.89. The van der Waals surface area contributed by atoms with Gasteiger partial charge in [0.25, 0.3) is 0 Å². The van der Waals surface area contributed by atoms with E-state index in [0.29, 0.717) is 0 Å². The summed E-state index contributed by atoms with van der Waals surface area (Å²) in [6.45, 7) is 0.0438. The molecule has 30 heavy (non-hydrogen) atoms. The minimum atomic E-state index is -4.51. The molecule has 2 heterocycles. The normalized spacial score (nSPS) is 26.1. The molecular weight excluding hydrogens is 435 g/mol. The highest BCUT2D eigenvalue weighted by Crippen LogP contribution is 2.40. The topological polar surface area (TPSA) is 73.5 Å². The van der Waals surface area contributed by atoms with Crippen LogP contribution in [0.3, 0.4) is 0 Å². The van der Waals surface area contributed by atoms with Crippen LogP contribution in [0.15, 0.2) is 12.1 Å². The molecule has 1 aromatic rings. The number of benzene rings is 1. The third-order valence-electron chi connectivity index (χ3n) is 5.55. The predicted octanol–water partition coefficient (Wildman–Crippen LogP) is 2.73. The molecule has 3 amide bonds. The number of piperidine rings is 1. The van der Waals surface area contributed by atoms with Crippen molar-refractivity contribution in [2.45, 2.75) is 37.1 Å². The van der Waals surface area contributed by atoms with E-state index < -0.39 is 65.2 Å². The maximum atomic E-state index is 14.7. The van der Waals surface area contributed by atoms with E-state index in [0.717, 1.165) is 17.0 Å². The molecule has 4 atom stereocenters. The van der Waals surface area contributed by atoms with Gasteiger partial charge in [0.05, 0.1) is 6.04 Å². The van der Waals surface area contributed by atoms with Crippen LogP contribution in [0.1, 0.15) is 24.4 Å². The van der Waals surface area contributed by atoms with E-state index in [1.54, 1.807) is 0 Å². The van der Waals surface area contributed by atoms with Crippen molar-refractivity contribution in [1.82, 2.24) is 20.9 Å². The van der Waals surface area contributed by atoms with Gasteiger partial charge in [-0.25, -0.2) is 13.6 Å². The first-order valence-electron chi connectivity index (χ1n) is 9.24. The summed E-state index contributed by atoms with van der Waals surface area (Å²) in [5, 5.41) is 6.49. The van der Waals surface area contributed by atoms with Gasteiger partial charge in [0.15, 0.2) is 0 Å². The van der Waals surface area contributed by atoms with Crippen molar-refractivity contribution in [2.75, 3.05) is 20.1 Å². The van der Waals surface area contributed by atoms with Gasteiger partial charge < -0.3 is 16.0 Å². The number of carbonyl (C=O) groups excluding carboxylic acids is 2. The molecular formula is C18H20ClF5N4O2. The molecule has 166 valence electrons. The molecule has 2 aliphatic heterocycles. The van der Waals surface area contributed by atoms with Gasteiger partial charge in [-0.1, -0.05) is 17.7 Å². The number of hydrogen-bond donors (Lipinski definition) is 3. The van der Waals surface area contributed by atoms with Gasteiger partial charge in [-0.3, -0.25) is 9.69 Å². The Morgan fingerprint density at radius 3 is 2.63 bits per heavy atom. The molecule has 0 aliphatic carbocycles. The van der Waals surface area contributed by atoms with E-state index in [2.05, 4.69) is 16.0 Å². The summed E-state index contributed by atoms with van der Waals surface area (Å²) in [5.74, 6) is -3.65. The first kappa shape index (κ1) is 22.5. The SMILES string of the molecule is CN1CC[C@H]([C@H](NC(=O)[C@@H]2CNC(=O)N2)c2ccc(F)c(Cl)c2F)CC1C(F)(F)F. The minimum absolute atomic E-state index is 0.0252. The number of alkyl halides is 3. The summed E-state index contributed by atoms with van der Waals surface area (Å²) in [6.07, 6.45) is -4.67. The number of nitrogens with zero attached hydrogens (tertiary/aromatic N) is 1. The Hall–Kier alpha value is -2.14. The Bertz CT molecular complexity index is 838. The fraction of sp³-hybridized carbons (Fsp3) is 0.556. The number of amides is 3. The molecule has 0 radical (unpaired) electrons. The highest BCUT2D eigenvalue weighted by Gasteiger charge is 2.47. The summed E-state index contributed by atoms with van der Waals surface area (Å²) >= 11 is 5.66. The first-order chi connectivity index (χ1) is 14.0. The number of nitrogens with one attached hydrogen (secondary N) is 3. The Morgan fingerprint density at radius 1 is 1.33 bits per heavy atom. The summed E-state index contributed by atoms with van der Waals surface area (Å²) < 4.78 is 68.7. The molecule has 0 aromatic heterocycles. The van der Waals surface area contributed by atoms with Gasteiger partial charge in [0.2, 0.25) is 5.91 Å². The number of likely N-dealkylation sites (tertiary alicyclic amines) is 1. The van der Waals surface area contributed by atoms with E-state index in [1.165, 1.54) is 7.05 Å². The van der Waals surface area contributed by atoms with Gasteiger partial charge in [-0.2, -0.15) is 13.2 Å². The Balaban J connectivity index is 1.92. The zero-order chi connectivity index (χ0) is 22.2. The van der Waals surface area contributed by atoms with Gasteiger partial charge in [0.1, 0.15) is 28.7 Å². The Labute approximate surface area is 174 Å². The fourth-order valence-corrected chi connectivity index (χ4v) is 4.07. The average Bonchev–Trinajstić information content (AvgIpc) is 3.11. The molecule has 0 spiro atoms. The van der Waals surface area contributed by atoms with E-state index >= 15 is 0 Å². The third-order valence-corrected chi connectivity index (χ3v) is 5.89. The number of halogens is 6. The van der Waals surface area contributed by atoms with Crippen molar-refractivity contribution in [2.24, 2.45) is 5.92 Å². The second kappa shape index (κ2) is 8.54. The second-order valence-electron chi connectivity index (χ2n) is 7.48. The first-order valence-corrected chi connectivity index (χ1v) is 9.62. The van der Waals surface area contributed by atoms with E-state index in [-0.39, 0.29) is 25.1 Å². The molecule has 3 N–H and O–H groups in total. The number of hydrogen-bond acceptors (Lipinski definition) is 3. The standard InChI is InChI=1S/C18H20ClF5N4O2/c1-28-5-4-8(6-12(28)18(22,23)24)15(9-2-3-10(20)13(19)14(9)21)27-16(29)11-7-25-17(30)26-11/h2-3,8,11-12,15H,4-7H2,1H3,(H,27,29)(H2,25,26,30)/t8-,11-,12?,15-/m0/s1. The van der Waals surface area contributed by atoms with Crippen molar-refractivity contribution in [3.63, 3.8) is 0 Å². The van der Waals surface area contributed by atoms with Crippen molar-refractivity contribution < 1.29 is 31.5 Å². The molecule has 2 aliphatic rings. The molecule has 0 bridgehead atoms. The number of carbonyl (C=O) groups is 2. The molecule has 1 unspecified atom stereocenters. The van der Waals surface area contributed by atoms with E-state index in [1.807, 2.05) is 0 Å². The van der Waals surface area contributed by atoms with Gasteiger partial charge in [0, 0.05) is 12.1 Å². The number of rotatable bonds is 4. The average molecular weight is 455 g/mol. The van der Waals surface area contributed by atoms with Gasteiger partial charge in [-0.15, -0.1) is 0 Å². The molecule has 2 saturated heterocycles. The highest BCUT2D eigenvalue weighted by molar-refractivity contribution is 6.31. The smallest absolute Gasteiger partial charge is 0.347 e. The highest BCUT2D eigenvalue weighted by atomic mass is 35.5.